The summed E-state index contributed by atoms with van der Waals surface area (Å²) < 4.78 is 34.4. The zero-order valence-electron chi connectivity index (χ0n) is 18.5. The molecule has 0 saturated carbocycles. The van der Waals surface area contributed by atoms with E-state index in [1.807, 2.05) is 24.3 Å². The number of para-hydroxylation sites is 1. The monoisotopic (exact) mass is 477 g/mol. The molecule has 1 amide bonds. The van der Waals surface area contributed by atoms with Crippen molar-refractivity contribution in [1.82, 2.24) is 23.7 Å². The smallest absolute Gasteiger partial charge is 0.256 e. The zero-order valence-corrected chi connectivity index (χ0v) is 19.4. The Bertz CT molecular complexity index is 1430. The third-order valence-electron chi connectivity index (χ3n) is 5.93. The maximum atomic E-state index is 13.4. The Kier molecular flexibility index (Phi) is 5.76. The first-order valence-electron chi connectivity index (χ1n) is 10.8. The lowest BCUT2D eigenvalue weighted by Crippen LogP contribution is -2.50. The Morgan fingerprint density at radius 3 is 2.26 bits per heavy atom. The van der Waals surface area contributed by atoms with E-state index >= 15 is 0 Å². The number of rotatable bonds is 5. The average Bonchev–Trinajstić information content (AvgIpc) is 3.28. The number of methoxy groups -OCH3 is 1. The normalized spacial score (nSPS) is 14.9. The van der Waals surface area contributed by atoms with Crippen LogP contribution in [-0.2, 0) is 10.0 Å². The van der Waals surface area contributed by atoms with Crippen LogP contribution < -0.4 is 4.74 Å². The fraction of sp³-hybridized carbons (Fsp3) is 0.208. The Hall–Kier alpha value is -3.76. The first-order chi connectivity index (χ1) is 16.5. The van der Waals surface area contributed by atoms with Crippen LogP contribution in [0.1, 0.15) is 10.4 Å². The predicted octanol–water partition coefficient (Wildman–Crippen LogP) is 2.58. The van der Waals surface area contributed by atoms with Crippen LogP contribution in [0.15, 0.2) is 78.1 Å². The average molecular weight is 478 g/mol. The molecule has 9 nitrogen and oxygen atoms in total. The van der Waals surface area contributed by atoms with Crippen LogP contribution in [0.4, 0.5) is 0 Å². The molecule has 1 aliphatic rings. The molecule has 1 aliphatic heterocycles. The number of fused-ring (bicyclic) bond motifs is 1. The van der Waals surface area contributed by atoms with Crippen molar-refractivity contribution in [2.75, 3.05) is 33.3 Å². The molecule has 174 valence electrons. The summed E-state index contributed by atoms with van der Waals surface area (Å²) in [7, 11) is -2.12. The number of amides is 1. The van der Waals surface area contributed by atoms with Crippen LogP contribution in [-0.4, -0.2) is 71.4 Å². The maximum absolute atomic E-state index is 13.4. The van der Waals surface area contributed by atoms with E-state index in [9.17, 15) is 13.2 Å². The summed E-state index contributed by atoms with van der Waals surface area (Å²) in [5, 5.41) is 0.799. The lowest BCUT2D eigenvalue weighted by atomic mass is 10.1. The number of aromatic nitrogens is 3. The molecule has 0 spiro atoms. The molecule has 3 heterocycles. The van der Waals surface area contributed by atoms with Crippen molar-refractivity contribution < 1.29 is 17.9 Å². The van der Waals surface area contributed by atoms with Gasteiger partial charge in [-0.2, -0.15) is 4.31 Å². The summed E-state index contributed by atoms with van der Waals surface area (Å²) in [6.07, 6.45) is 5.06. The van der Waals surface area contributed by atoms with E-state index in [0.717, 1.165) is 10.9 Å². The number of hydrogen-bond donors (Lipinski definition) is 0. The number of carbonyl (C=O) groups excluding carboxylic acids is 1. The van der Waals surface area contributed by atoms with Crippen LogP contribution in [0, 0.1) is 0 Å². The van der Waals surface area contributed by atoms with Gasteiger partial charge in [-0.15, -0.1) is 0 Å². The van der Waals surface area contributed by atoms with Gasteiger partial charge in [0.2, 0.25) is 16.0 Å². The third-order valence-corrected chi connectivity index (χ3v) is 7.85. The van der Waals surface area contributed by atoms with E-state index in [1.54, 1.807) is 46.3 Å². The summed E-state index contributed by atoms with van der Waals surface area (Å²) in [6.45, 7) is 1.05. The van der Waals surface area contributed by atoms with E-state index in [-0.39, 0.29) is 23.9 Å². The second-order valence-electron chi connectivity index (χ2n) is 7.85. The Morgan fingerprint density at radius 2 is 1.59 bits per heavy atom. The molecule has 0 radical (unpaired) electrons. The highest BCUT2D eigenvalue weighted by Gasteiger charge is 2.31. The van der Waals surface area contributed by atoms with Crippen molar-refractivity contribution in [3.8, 4) is 11.7 Å². The summed E-state index contributed by atoms with van der Waals surface area (Å²) in [5.74, 6) is 0.926. The summed E-state index contributed by atoms with van der Waals surface area (Å²) in [6, 6.07) is 15.7. The first kappa shape index (κ1) is 22.1. The molecule has 10 heteroatoms. The summed E-state index contributed by atoms with van der Waals surface area (Å²) in [5.41, 5.74) is 1.37. The summed E-state index contributed by atoms with van der Waals surface area (Å²) in [4.78, 5) is 24.0. The number of nitrogens with zero attached hydrogens (tertiary/aromatic N) is 5. The van der Waals surface area contributed by atoms with Crippen molar-refractivity contribution in [2.45, 2.75) is 4.90 Å². The van der Waals surface area contributed by atoms with E-state index in [0.29, 0.717) is 30.4 Å². The molecule has 4 aromatic rings. The number of hydrogen-bond acceptors (Lipinski definition) is 6. The molecule has 0 bridgehead atoms. The molecular formula is C24H23N5O4S. The molecule has 0 N–H and O–H groups in total. The Morgan fingerprint density at radius 1 is 0.912 bits per heavy atom. The molecule has 2 aromatic carbocycles. The van der Waals surface area contributed by atoms with E-state index in [4.69, 9.17) is 4.74 Å². The molecule has 2 aromatic heterocycles. The van der Waals surface area contributed by atoms with Crippen molar-refractivity contribution in [2.24, 2.45) is 0 Å². The van der Waals surface area contributed by atoms with Crippen LogP contribution in [0.5, 0.6) is 5.75 Å². The van der Waals surface area contributed by atoms with Gasteiger partial charge in [0.25, 0.3) is 5.91 Å². The molecule has 0 unspecified atom stereocenters. The minimum absolute atomic E-state index is 0.146. The lowest BCUT2D eigenvalue weighted by molar-refractivity contribution is 0.0700. The fourth-order valence-electron chi connectivity index (χ4n) is 4.13. The van der Waals surface area contributed by atoms with Gasteiger partial charge in [-0.25, -0.2) is 18.4 Å². The van der Waals surface area contributed by atoms with Gasteiger partial charge in [-0.1, -0.05) is 18.2 Å². The third kappa shape index (κ3) is 3.91. The van der Waals surface area contributed by atoms with Gasteiger partial charge in [0, 0.05) is 50.2 Å². The van der Waals surface area contributed by atoms with Gasteiger partial charge in [-0.3, -0.25) is 9.36 Å². The lowest BCUT2D eigenvalue weighted by Gasteiger charge is -2.34. The van der Waals surface area contributed by atoms with E-state index in [1.165, 1.54) is 23.5 Å². The number of piperazine rings is 1. The Labute approximate surface area is 197 Å². The molecular weight excluding hydrogens is 454 g/mol. The van der Waals surface area contributed by atoms with Crippen LogP contribution in [0.25, 0.3) is 16.9 Å². The highest BCUT2D eigenvalue weighted by molar-refractivity contribution is 7.89. The molecule has 5 rings (SSSR count). The van der Waals surface area contributed by atoms with Gasteiger partial charge in [-0.05, 0) is 36.4 Å². The van der Waals surface area contributed by atoms with Gasteiger partial charge in [0.05, 0.1) is 23.1 Å². The minimum Gasteiger partial charge on any atom is -0.497 e. The second kappa shape index (κ2) is 8.88. The van der Waals surface area contributed by atoms with Gasteiger partial charge >= 0.3 is 0 Å². The fourth-order valence-corrected chi connectivity index (χ4v) is 5.55. The van der Waals surface area contributed by atoms with Gasteiger partial charge in [0.1, 0.15) is 5.75 Å². The van der Waals surface area contributed by atoms with E-state index < -0.39 is 10.0 Å². The van der Waals surface area contributed by atoms with Gasteiger partial charge < -0.3 is 9.64 Å². The summed E-state index contributed by atoms with van der Waals surface area (Å²) >= 11 is 0. The maximum Gasteiger partial charge on any atom is 0.256 e. The van der Waals surface area contributed by atoms with Gasteiger partial charge in [0.15, 0.2) is 0 Å². The standard InChI is InChI=1S/C24H23N5O4S/c1-33-18-7-9-19(10-8-18)34(31,32)28-15-13-27(14-16-28)23(30)21-17-29(24-25-11-4-12-26-24)22-6-3-2-5-20(21)22/h2-12,17H,13-16H2,1H3. The molecule has 0 aliphatic carbocycles. The highest BCUT2D eigenvalue weighted by atomic mass is 32.2. The number of carbonyl (C=O) groups is 1. The Balaban J connectivity index is 1.36. The second-order valence-corrected chi connectivity index (χ2v) is 9.79. The molecule has 1 saturated heterocycles. The largest absolute Gasteiger partial charge is 0.497 e. The topological polar surface area (TPSA) is 97.6 Å². The quantitative estimate of drug-likeness (QED) is 0.438. The van der Waals surface area contributed by atoms with Crippen molar-refractivity contribution >= 4 is 26.8 Å². The highest BCUT2D eigenvalue weighted by Crippen LogP contribution is 2.26. The molecule has 34 heavy (non-hydrogen) atoms. The molecule has 1 fully saturated rings. The van der Waals surface area contributed by atoms with Crippen LogP contribution in [0.2, 0.25) is 0 Å². The number of ether oxygens (including phenoxy) is 1. The zero-order chi connectivity index (χ0) is 23.7. The SMILES string of the molecule is COc1ccc(S(=O)(=O)N2CCN(C(=O)c3cn(-c4ncccn4)c4ccccc34)CC2)cc1. The first-order valence-corrected chi connectivity index (χ1v) is 12.2. The minimum atomic E-state index is -3.65. The van der Waals surface area contributed by atoms with Crippen molar-refractivity contribution in [1.29, 1.82) is 0 Å². The van der Waals surface area contributed by atoms with Crippen molar-refractivity contribution in [3.05, 3.63) is 78.8 Å². The van der Waals surface area contributed by atoms with Crippen LogP contribution in [0.3, 0.4) is 0 Å². The molecule has 0 atom stereocenters. The van der Waals surface area contributed by atoms with E-state index in [2.05, 4.69) is 9.97 Å². The number of sulfonamides is 1. The van der Waals surface area contributed by atoms with Crippen LogP contribution >= 0.6 is 0 Å². The predicted molar refractivity (Wildman–Crippen MR) is 127 cm³/mol. The number of benzene rings is 2. The van der Waals surface area contributed by atoms with Crippen molar-refractivity contribution in [3.63, 3.8) is 0 Å².